The molecule has 1 atom stereocenters. The molecule has 0 aromatic heterocycles. The van der Waals surface area contributed by atoms with Crippen LogP contribution in [0.15, 0.2) is 18.2 Å². The first kappa shape index (κ1) is 13.9. The number of hydrogen-bond acceptors (Lipinski definition) is 3. The summed E-state index contributed by atoms with van der Waals surface area (Å²) in [5.74, 6) is 0.987. The third-order valence-electron chi connectivity index (χ3n) is 2.77. The lowest BCUT2D eigenvalue weighted by atomic mass is 10.1. The average molecular weight is 240 g/mol. The Kier molecular flexibility index (Phi) is 5.94. The van der Waals surface area contributed by atoms with Crippen molar-refractivity contribution in [1.82, 2.24) is 5.32 Å². The van der Waals surface area contributed by atoms with E-state index in [1.54, 1.807) is 13.2 Å². The minimum absolute atomic E-state index is 0.238. The van der Waals surface area contributed by atoms with Gasteiger partial charge in [0.2, 0.25) is 0 Å². The van der Waals surface area contributed by atoms with Gasteiger partial charge in [0.25, 0.3) is 0 Å². The molecular weight excluding hydrogens is 219 g/mol. The fourth-order valence-electron chi connectivity index (χ4n) is 1.57. The highest BCUT2D eigenvalue weighted by molar-refractivity contribution is 5.33. The normalized spacial score (nSPS) is 12.5. The molecule has 0 aliphatic rings. The van der Waals surface area contributed by atoms with Crippen molar-refractivity contribution in [3.8, 4) is 5.75 Å². The minimum atomic E-state index is -0.238. The predicted octanol–water partition coefficient (Wildman–Crippen LogP) is 1.91. The molecule has 1 aromatic rings. The Hall–Kier alpha value is -1.13. The second kappa shape index (κ2) is 7.25. The van der Waals surface area contributed by atoms with E-state index in [1.165, 1.54) is 12.1 Å². The number of nitrogens with one attached hydrogen (secondary N) is 1. The van der Waals surface area contributed by atoms with E-state index in [0.717, 1.165) is 18.5 Å². The molecule has 0 spiro atoms. The Morgan fingerprint density at radius 3 is 2.88 bits per heavy atom. The molecule has 0 amide bonds. The van der Waals surface area contributed by atoms with E-state index in [4.69, 9.17) is 10.5 Å². The number of nitrogens with two attached hydrogens (primary N) is 1. The summed E-state index contributed by atoms with van der Waals surface area (Å²) < 4.78 is 18.2. The summed E-state index contributed by atoms with van der Waals surface area (Å²) in [6.07, 6.45) is 1.02. The van der Waals surface area contributed by atoms with E-state index >= 15 is 0 Å². The first-order chi connectivity index (χ1) is 8.17. The summed E-state index contributed by atoms with van der Waals surface area (Å²) in [5.41, 5.74) is 6.37. The van der Waals surface area contributed by atoms with Gasteiger partial charge < -0.3 is 15.8 Å². The molecule has 4 heteroatoms. The molecule has 3 nitrogen and oxygen atoms in total. The fraction of sp³-hybridized carbons (Fsp3) is 0.538. The van der Waals surface area contributed by atoms with Crippen LogP contribution in [0.5, 0.6) is 5.75 Å². The van der Waals surface area contributed by atoms with E-state index in [2.05, 4.69) is 12.2 Å². The summed E-state index contributed by atoms with van der Waals surface area (Å²) in [7, 11) is 1.59. The van der Waals surface area contributed by atoms with Crippen molar-refractivity contribution < 1.29 is 9.13 Å². The van der Waals surface area contributed by atoms with Crippen LogP contribution in [0.1, 0.15) is 18.9 Å². The third-order valence-corrected chi connectivity index (χ3v) is 2.77. The first-order valence-corrected chi connectivity index (χ1v) is 5.90. The maximum Gasteiger partial charge on any atom is 0.123 e. The summed E-state index contributed by atoms with van der Waals surface area (Å²) in [4.78, 5) is 0. The lowest BCUT2D eigenvalue weighted by Gasteiger charge is -2.11. The van der Waals surface area contributed by atoms with E-state index in [0.29, 0.717) is 24.8 Å². The quantitative estimate of drug-likeness (QED) is 0.716. The van der Waals surface area contributed by atoms with Crippen molar-refractivity contribution in [3.05, 3.63) is 29.6 Å². The van der Waals surface area contributed by atoms with Gasteiger partial charge in [-0.1, -0.05) is 6.92 Å². The zero-order valence-corrected chi connectivity index (χ0v) is 10.5. The summed E-state index contributed by atoms with van der Waals surface area (Å²) in [5, 5.41) is 3.27. The second-order valence-electron chi connectivity index (χ2n) is 4.26. The standard InChI is InChI=1S/C13H21FN2O/c1-10(8-15)5-6-16-9-11-7-12(14)3-4-13(11)17-2/h3-4,7,10,16H,5-6,8-9,15H2,1-2H3. The Morgan fingerprint density at radius 1 is 1.47 bits per heavy atom. The average Bonchev–Trinajstić information content (AvgIpc) is 2.34. The van der Waals surface area contributed by atoms with Gasteiger partial charge in [0.15, 0.2) is 0 Å². The summed E-state index contributed by atoms with van der Waals surface area (Å²) in [6, 6.07) is 4.55. The van der Waals surface area contributed by atoms with Crippen LogP contribution in [-0.4, -0.2) is 20.2 Å². The minimum Gasteiger partial charge on any atom is -0.496 e. The van der Waals surface area contributed by atoms with Crippen LogP contribution in [0, 0.1) is 11.7 Å². The molecule has 1 unspecified atom stereocenters. The van der Waals surface area contributed by atoms with E-state index in [1.807, 2.05) is 0 Å². The van der Waals surface area contributed by atoms with Crippen molar-refractivity contribution in [1.29, 1.82) is 0 Å². The molecule has 0 aliphatic heterocycles. The van der Waals surface area contributed by atoms with Gasteiger partial charge in [0.05, 0.1) is 7.11 Å². The van der Waals surface area contributed by atoms with Gasteiger partial charge in [-0.3, -0.25) is 0 Å². The topological polar surface area (TPSA) is 47.3 Å². The number of ether oxygens (including phenoxy) is 1. The molecular formula is C13H21FN2O. The highest BCUT2D eigenvalue weighted by atomic mass is 19.1. The van der Waals surface area contributed by atoms with Crippen LogP contribution in [0.2, 0.25) is 0 Å². The molecule has 96 valence electrons. The van der Waals surface area contributed by atoms with Crippen LogP contribution < -0.4 is 15.8 Å². The third kappa shape index (κ3) is 4.71. The number of rotatable bonds is 7. The molecule has 0 radical (unpaired) electrons. The SMILES string of the molecule is COc1ccc(F)cc1CNCCC(C)CN. The lowest BCUT2D eigenvalue weighted by Crippen LogP contribution is -2.20. The molecule has 0 saturated heterocycles. The zero-order valence-electron chi connectivity index (χ0n) is 10.5. The Labute approximate surface area is 102 Å². The first-order valence-electron chi connectivity index (χ1n) is 5.90. The molecule has 0 aliphatic carbocycles. The molecule has 17 heavy (non-hydrogen) atoms. The molecule has 3 N–H and O–H groups in total. The maximum absolute atomic E-state index is 13.1. The summed E-state index contributed by atoms with van der Waals surface area (Å²) >= 11 is 0. The van der Waals surface area contributed by atoms with Crippen LogP contribution in [0.4, 0.5) is 4.39 Å². The number of benzene rings is 1. The molecule has 0 bridgehead atoms. The number of hydrogen-bond donors (Lipinski definition) is 2. The largest absolute Gasteiger partial charge is 0.496 e. The number of halogens is 1. The number of methoxy groups -OCH3 is 1. The van der Waals surface area contributed by atoms with Crippen molar-refractivity contribution >= 4 is 0 Å². The van der Waals surface area contributed by atoms with E-state index in [-0.39, 0.29) is 5.82 Å². The van der Waals surface area contributed by atoms with Gasteiger partial charge in [-0.05, 0) is 43.6 Å². The lowest BCUT2D eigenvalue weighted by molar-refractivity contribution is 0.405. The zero-order chi connectivity index (χ0) is 12.7. The monoisotopic (exact) mass is 240 g/mol. The Bertz CT molecular complexity index is 344. The van der Waals surface area contributed by atoms with E-state index in [9.17, 15) is 4.39 Å². The van der Waals surface area contributed by atoms with Crippen molar-refractivity contribution in [2.45, 2.75) is 19.9 Å². The van der Waals surface area contributed by atoms with Gasteiger partial charge in [0.1, 0.15) is 11.6 Å². The smallest absolute Gasteiger partial charge is 0.123 e. The predicted molar refractivity (Wildman–Crippen MR) is 67.5 cm³/mol. The molecule has 0 heterocycles. The van der Waals surface area contributed by atoms with Crippen molar-refractivity contribution in [2.24, 2.45) is 11.7 Å². The maximum atomic E-state index is 13.1. The molecule has 1 rings (SSSR count). The molecule has 0 fully saturated rings. The van der Waals surface area contributed by atoms with Crippen LogP contribution in [-0.2, 0) is 6.54 Å². The summed E-state index contributed by atoms with van der Waals surface area (Å²) in [6.45, 7) is 4.30. The van der Waals surface area contributed by atoms with E-state index < -0.39 is 0 Å². The van der Waals surface area contributed by atoms with Crippen molar-refractivity contribution in [2.75, 3.05) is 20.2 Å². The second-order valence-corrected chi connectivity index (χ2v) is 4.26. The van der Waals surface area contributed by atoms with Gasteiger partial charge in [-0.25, -0.2) is 4.39 Å². The van der Waals surface area contributed by atoms with Crippen molar-refractivity contribution in [3.63, 3.8) is 0 Å². The molecule has 1 aromatic carbocycles. The van der Waals surface area contributed by atoms with Gasteiger partial charge in [-0.2, -0.15) is 0 Å². The van der Waals surface area contributed by atoms with Gasteiger partial charge in [-0.15, -0.1) is 0 Å². The van der Waals surface area contributed by atoms with Crippen LogP contribution in [0.3, 0.4) is 0 Å². The Balaban J connectivity index is 2.42. The van der Waals surface area contributed by atoms with Crippen LogP contribution >= 0.6 is 0 Å². The highest BCUT2D eigenvalue weighted by Crippen LogP contribution is 2.18. The van der Waals surface area contributed by atoms with Gasteiger partial charge >= 0.3 is 0 Å². The van der Waals surface area contributed by atoms with Gasteiger partial charge in [0, 0.05) is 12.1 Å². The highest BCUT2D eigenvalue weighted by Gasteiger charge is 2.04. The Morgan fingerprint density at radius 2 is 2.24 bits per heavy atom. The molecule has 0 saturated carbocycles. The van der Waals surface area contributed by atoms with Crippen LogP contribution in [0.25, 0.3) is 0 Å². The fourth-order valence-corrected chi connectivity index (χ4v) is 1.57.